The Morgan fingerprint density at radius 2 is 1.88 bits per heavy atom. The van der Waals surface area contributed by atoms with Gasteiger partial charge in [0.1, 0.15) is 0 Å². The van der Waals surface area contributed by atoms with Gasteiger partial charge in [0.15, 0.2) is 0 Å². The van der Waals surface area contributed by atoms with Crippen molar-refractivity contribution in [3.05, 3.63) is 52.6 Å². The van der Waals surface area contributed by atoms with E-state index < -0.39 is 22.4 Å². The third-order valence-electron chi connectivity index (χ3n) is 3.63. The lowest BCUT2D eigenvalue weighted by atomic mass is 10.1. The number of aliphatic carboxylic acids is 1. The van der Waals surface area contributed by atoms with E-state index in [1.165, 1.54) is 0 Å². The van der Waals surface area contributed by atoms with Crippen LogP contribution in [0.5, 0.6) is 0 Å². The summed E-state index contributed by atoms with van der Waals surface area (Å²) < 4.78 is 5.23. The van der Waals surface area contributed by atoms with Crippen LogP contribution < -0.4 is 0 Å². The second kappa shape index (κ2) is 8.22. The Kier molecular flexibility index (Phi) is 6.29. The van der Waals surface area contributed by atoms with Crippen molar-refractivity contribution < 1.29 is 14.6 Å². The number of benzene rings is 1. The van der Waals surface area contributed by atoms with Gasteiger partial charge in [-0.3, -0.25) is 4.79 Å². The molecular formula is C19H23NO3S. The molecule has 1 heterocycles. The number of hydrogen-bond acceptors (Lipinski definition) is 3. The standard InChI is InChI=1S/C19H23NO3S/c1-13(2)18-20-16(11-10-15-8-6-5-7-9-15)17(14(3)19(21)22)24(18)12-23-4/h5-14H,1-4H3,(H,21,22). The van der Waals surface area contributed by atoms with Crippen LogP contribution in [0, 0.1) is 11.8 Å². The van der Waals surface area contributed by atoms with Gasteiger partial charge in [-0.2, -0.15) is 0 Å². The lowest BCUT2D eigenvalue weighted by Crippen LogP contribution is -2.14. The summed E-state index contributed by atoms with van der Waals surface area (Å²) in [5, 5.41) is 10.5. The molecule has 1 aromatic rings. The number of hydrogen-bond donors (Lipinski definition) is 1. The highest BCUT2D eigenvalue weighted by atomic mass is 32.2. The van der Waals surface area contributed by atoms with E-state index in [9.17, 15) is 9.90 Å². The quantitative estimate of drug-likeness (QED) is 0.779. The summed E-state index contributed by atoms with van der Waals surface area (Å²) in [7, 11) is 1.07. The molecule has 1 aromatic carbocycles. The molecule has 0 fully saturated rings. The monoisotopic (exact) mass is 345 g/mol. The molecule has 2 rings (SSSR count). The van der Waals surface area contributed by atoms with Gasteiger partial charge in [0, 0.05) is 17.9 Å². The molecule has 24 heavy (non-hydrogen) atoms. The van der Waals surface area contributed by atoms with Gasteiger partial charge in [0.2, 0.25) is 0 Å². The topological polar surface area (TPSA) is 58.9 Å². The molecule has 0 aliphatic carbocycles. The number of allylic oxidation sites excluding steroid dienone is 1. The van der Waals surface area contributed by atoms with Gasteiger partial charge in [-0.25, -0.2) is 4.99 Å². The molecule has 0 amide bonds. The number of nitrogens with zero attached hydrogens (tertiary/aromatic N) is 1. The maximum absolute atomic E-state index is 11.6. The van der Waals surface area contributed by atoms with Crippen LogP contribution in [0.4, 0.5) is 0 Å². The highest BCUT2D eigenvalue weighted by molar-refractivity contribution is 8.31. The fourth-order valence-corrected chi connectivity index (χ4v) is 4.56. The van der Waals surface area contributed by atoms with Crippen molar-refractivity contribution in [1.29, 1.82) is 0 Å². The molecule has 0 aromatic heterocycles. The van der Waals surface area contributed by atoms with Crippen molar-refractivity contribution >= 4 is 33.1 Å². The SMILES string of the molecule is COC=S1C(C(C)C)=NC(C=Cc2ccccc2)=C1C(C)C(=O)O. The Hall–Kier alpha value is -1.98. The average Bonchev–Trinajstić information content (AvgIpc) is 2.92. The maximum atomic E-state index is 11.6. The van der Waals surface area contributed by atoms with Gasteiger partial charge < -0.3 is 9.84 Å². The van der Waals surface area contributed by atoms with Crippen molar-refractivity contribution in [3.63, 3.8) is 0 Å². The molecule has 0 bridgehead atoms. The second-order valence-electron chi connectivity index (χ2n) is 5.83. The molecule has 0 spiro atoms. The molecule has 0 saturated heterocycles. The molecule has 1 aliphatic heterocycles. The minimum absolute atomic E-state index is 0.221. The Balaban J connectivity index is 2.52. The van der Waals surface area contributed by atoms with Gasteiger partial charge in [0.25, 0.3) is 0 Å². The molecule has 128 valence electrons. The number of carboxylic acids is 1. The van der Waals surface area contributed by atoms with Gasteiger partial charge in [-0.15, -0.1) is 0 Å². The number of methoxy groups -OCH3 is 1. The van der Waals surface area contributed by atoms with Crippen LogP contribution in [0.25, 0.3) is 6.08 Å². The van der Waals surface area contributed by atoms with Gasteiger partial charge in [0.05, 0.1) is 22.2 Å². The first-order valence-corrected chi connectivity index (χ1v) is 9.12. The largest absolute Gasteiger partial charge is 0.481 e. The minimum atomic E-state index is -0.849. The number of aliphatic imine (C=N–C) groups is 1. The summed E-state index contributed by atoms with van der Waals surface area (Å²) in [6, 6.07) is 9.90. The Bertz CT molecular complexity index is 730. The van der Waals surface area contributed by atoms with Gasteiger partial charge in [-0.1, -0.05) is 60.7 Å². The fraction of sp³-hybridized carbons (Fsp3) is 0.316. The molecular weight excluding hydrogens is 322 g/mol. The van der Waals surface area contributed by atoms with E-state index in [1.807, 2.05) is 42.5 Å². The highest BCUT2D eigenvalue weighted by Gasteiger charge is 2.30. The first-order valence-electron chi connectivity index (χ1n) is 7.83. The summed E-state index contributed by atoms with van der Waals surface area (Å²) in [5.74, 6) is -1.24. The van der Waals surface area contributed by atoms with E-state index in [0.717, 1.165) is 21.2 Å². The van der Waals surface area contributed by atoms with Crippen LogP contribution in [0.15, 0.2) is 52.0 Å². The summed E-state index contributed by atoms with van der Waals surface area (Å²) in [6.45, 7) is 5.83. The zero-order valence-electron chi connectivity index (χ0n) is 14.4. The third kappa shape index (κ3) is 4.10. The van der Waals surface area contributed by atoms with E-state index in [4.69, 9.17) is 9.73 Å². The highest BCUT2D eigenvalue weighted by Crippen LogP contribution is 2.44. The zero-order valence-corrected chi connectivity index (χ0v) is 15.2. The normalized spacial score (nSPS) is 19.4. The van der Waals surface area contributed by atoms with Gasteiger partial charge >= 0.3 is 5.97 Å². The second-order valence-corrected chi connectivity index (χ2v) is 7.55. The predicted molar refractivity (Wildman–Crippen MR) is 102 cm³/mol. The van der Waals surface area contributed by atoms with Crippen molar-refractivity contribution in [2.24, 2.45) is 16.8 Å². The molecule has 2 atom stereocenters. The fourth-order valence-electron chi connectivity index (χ4n) is 2.41. The van der Waals surface area contributed by atoms with Crippen LogP contribution in [0.3, 0.4) is 0 Å². The van der Waals surface area contributed by atoms with Crippen LogP contribution >= 0.6 is 10.5 Å². The Morgan fingerprint density at radius 3 is 2.42 bits per heavy atom. The zero-order chi connectivity index (χ0) is 17.7. The molecule has 0 saturated carbocycles. The van der Waals surface area contributed by atoms with Crippen molar-refractivity contribution in [1.82, 2.24) is 0 Å². The summed E-state index contributed by atoms with van der Waals surface area (Å²) in [6.07, 6.45) is 3.87. The van der Waals surface area contributed by atoms with E-state index in [1.54, 1.807) is 19.6 Å². The smallest absolute Gasteiger partial charge is 0.311 e. The van der Waals surface area contributed by atoms with Gasteiger partial charge in [-0.05, 0) is 18.6 Å². The van der Waals surface area contributed by atoms with Crippen LogP contribution in [0.2, 0.25) is 0 Å². The molecule has 2 unspecified atom stereocenters. The van der Waals surface area contributed by atoms with E-state index in [0.29, 0.717) is 0 Å². The van der Waals surface area contributed by atoms with E-state index in [2.05, 4.69) is 13.8 Å². The van der Waals surface area contributed by atoms with Crippen molar-refractivity contribution in [3.8, 4) is 0 Å². The molecule has 1 aliphatic rings. The minimum Gasteiger partial charge on any atom is -0.481 e. The number of ether oxygens (including phenoxy) is 1. The predicted octanol–water partition coefficient (Wildman–Crippen LogP) is 4.38. The van der Waals surface area contributed by atoms with Crippen LogP contribution in [0.1, 0.15) is 26.3 Å². The van der Waals surface area contributed by atoms with Crippen molar-refractivity contribution in [2.45, 2.75) is 20.8 Å². The van der Waals surface area contributed by atoms with E-state index >= 15 is 0 Å². The average molecular weight is 345 g/mol. The molecule has 0 radical (unpaired) electrons. The van der Waals surface area contributed by atoms with Crippen LogP contribution in [-0.4, -0.2) is 28.8 Å². The number of rotatable bonds is 6. The summed E-state index contributed by atoms with van der Waals surface area (Å²) in [5.41, 5.74) is 3.49. The first kappa shape index (κ1) is 18.4. The summed E-state index contributed by atoms with van der Waals surface area (Å²) in [4.78, 5) is 17.1. The number of carbonyl (C=O) groups is 1. The summed E-state index contributed by atoms with van der Waals surface area (Å²) >= 11 is 0. The van der Waals surface area contributed by atoms with Crippen LogP contribution in [-0.2, 0) is 9.53 Å². The van der Waals surface area contributed by atoms with Crippen molar-refractivity contribution in [2.75, 3.05) is 7.11 Å². The molecule has 1 N–H and O–H groups in total. The lowest BCUT2D eigenvalue weighted by molar-refractivity contribution is -0.139. The van der Waals surface area contributed by atoms with E-state index in [-0.39, 0.29) is 5.92 Å². The Labute approximate surface area is 145 Å². The first-order chi connectivity index (χ1) is 11.5. The molecule has 5 heteroatoms. The maximum Gasteiger partial charge on any atom is 0.311 e. The number of carboxylic acid groups (broad SMARTS) is 1. The lowest BCUT2D eigenvalue weighted by Gasteiger charge is -2.15. The third-order valence-corrected chi connectivity index (χ3v) is 6.06. The molecule has 4 nitrogen and oxygen atoms in total. The Morgan fingerprint density at radius 1 is 1.21 bits per heavy atom.